The summed E-state index contributed by atoms with van der Waals surface area (Å²) in [6, 6.07) is 3.56. The van der Waals surface area contributed by atoms with Gasteiger partial charge < -0.3 is 14.8 Å². The number of benzene rings is 1. The van der Waals surface area contributed by atoms with E-state index in [-0.39, 0.29) is 12.0 Å². The monoisotopic (exact) mass is 330 g/mol. The lowest BCUT2D eigenvalue weighted by molar-refractivity contribution is -0.124. The van der Waals surface area contributed by atoms with Crippen molar-refractivity contribution in [2.75, 3.05) is 6.61 Å². The van der Waals surface area contributed by atoms with E-state index >= 15 is 0 Å². The van der Waals surface area contributed by atoms with E-state index in [9.17, 15) is 4.79 Å². The topological polar surface area (TPSA) is 78.3 Å². The molecule has 1 aromatic heterocycles. The highest BCUT2D eigenvalue weighted by molar-refractivity contribution is 5.79. The zero-order valence-electron chi connectivity index (χ0n) is 14.2. The average molecular weight is 330 g/mol. The first-order chi connectivity index (χ1) is 11.6. The number of rotatable bonds is 6. The number of amides is 1. The first-order valence-corrected chi connectivity index (χ1v) is 8.15. The van der Waals surface area contributed by atoms with Gasteiger partial charge >= 0.3 is 0 Å². The van der Waals surface area contributed by atoms with Crippen LogP contribution in [0, 0.1) is 0 Å². The number of nitrogens with zero attached hydrogens (tertiary/aromatic N) is 3. The van der Waals surface area contributed by atoms with Crippen LogP contribution in [0.15, 0.2) is 24.8 Å². The highest BCUT2D eigenvalue weighted by atomic mass is 16.5. The molecule has 1 aliphatic rings. The van der Waals surface area contributed by atoms with E-state index in [4.69, 9.17) is 9.47 Å². The maximum atomic E-state index is 12.3. The number of carbonyl (C=O) groups is 1. The van der Waals surface area contributed by atoms with Crippen LogP contribution in [0.4, 0.5) is 0 Å². The molecule has 0 spiro atoms. The Kier molecular flexibility index (Phi) is 4.69. The SMILES string of the molecule is CCOc1cc2c(cc1CNC(=O)C(C)n1cncn1)OC(C)C2. The maximum Gasteiger partial charge on any atom is 0.244 e. The van der Waals surface area contributed by atoms with E-state index in [1.54, 1.807) is 6.92 Å². The van der Waals surface area contributed by atoms with Crippen LogP contribution in [0.25, 0.3) is 0 Å². The molecule has 0 radical (unpaired) electrons. The lowest BCUT2D eigenvalue weighted by Crippen LogP contribution is -2.31. The molecule has 0 aliphatic carbocycles. The third-order valence-electron chi connectivity index (χ3n) is 4.04. The molecule has 3 rings (SSSR count). The van der Waals surface area contributed by atoms with Crippen LogP contribution in [0.3, 0.4) is 0 Å². The van der Waals surface area contributed by atoms with Gasteiger partial charge in [-0.3, -0.25) is 4.79 Å². The molecule has 0 fully saturated rings. The molecule has 0 saturated heterocycles. The summed E-state index contributed by atoms with van der Waals surface area (Å²) in [5, 5.41) is 6.92. The largest absolute Gasteiger partial charge is 0.494 e. The van der Waals surface area contributed by atoms with Crippen LogP contribution in [0.1, 0.15) is 37.9 Å². The van der Waals surface area contributed by atoms with Gasteiger partial charge in [0, 0.05) is 24.1 Å². The lowest BCUT2D eigenvalue weighted by atomic mass is 10.1. The Hall–Kier alpha value is -2.57. The summed E-state index contributed by atoms with van der Waals surface area (Å²) < 4.78 is 13.1. The van der Waals surface area contributed by atoms with Crippen LogP contribution >= 0.6 is 0 Å². The molecule has 7 nitrogen and oxygen atoms in total. The number of carbonyl (C=O) groups excluding carboxylic acids is 1. The average Bonchev–Trinajstić information content (AvgIpc) is 3.20. The van der Waals surface area contributed by atoms with Crippen LogP contribution in [0.2, 0.25) is 0 Å². The van der Waals surface area contributed by atoms with Crippen molar-refractivity contribution < 1.29 is 14.3 Å². The van der Waals surface area contributed by atoms with Gasteiger partial charge in [0.15, 0.2) is 0 Å². The first-order valence-electron chi connectivity index (χ1n) is 8.15. The van der Waals surface area contributed by atoms with Crippen molar-refractivity contribution in [2.45, 2.75) is 45.9 Å². The molecule has 2 unspecified atom stereocenters. The fourth-order valence-corrected chi connectivity index (χ4v) is 2.78. The molecule has 2 heterocycles. The van der Waals surface area contributed by atoms with Gasteiger partial charge in [-0.05, 0) is 32.9 Å². The van der Waals surface area contributed by atoms with Crippen molar-refractivity contribution in [1.29, 1.82) is 0 Å². The van der Waals surface area contributed by atoms with Gasteiger partial charge in [0.25, 0.3) is 0 Å². The first kappa shape index (κ1) is 16.3. The van der Waals surface area contributed by atoms with Gasteiger partial charge in [0.2, 0.25) is 5.91 Å². The van der Waals surface area contributed by atoms with Gasteiger partial charge in [-0.1, -0.05) is 0 Å². The molecule has 2 atom stereocenters. The second-order valence-electron chi connectivity index (χ2n) is 5.90. The summed E-state index contributed by atoms with van der Waals surface area (Å²) in [4.78, 5) is 16.2. The fourth-order valence-electron chi connectivity index (χ4n) is 2.78. The minimum atomic E-state index is -0.422. The van der Waals surface area contributed by atoms with E-state index < -0.39 is 6.04 Å². The molecule has 1 aliphatic heterocycles. The zero-order valence-corrected chi connectivity index (χ0v) is 14.2. The van der Waals surface area contributed by atoms with Gasteiger partial charge in [-0.15, -0.1) is 0 Å². The minimum Gasteiger partial charge on any atom is -0.494 e. The summed E-state index contributed by atoms with van der Waals surface area (Å²) in [5.41, 5.74) is 2.06. The molecule has 7 heteroatoms. The van der Waals surface area contributed by atoms with Crippen molar-refractivity contribution in [3.8, 4) is 11.5 Å². The fraction of sp³-hybridized carbons (Fsp3) is 0.471. The predicted molar refractivity (Wildman–Crippen MR) is 88.0 cm³/mol. The third kappa shape index (κ3) is 3.34. The van der Waals surface area contributed by atoms with Crippen molar-refractivity contribution >= 4 is 5.91 Å². The Morgan fingerprint density at radius 1 is 1.54 bits per heavy atom. The molecular weight excluding hydrogens is 308 g/mol. The minimum absolute atomic E-state index is 0.127. The van der Waals surface area contributed by atoms with Gasteiger partial charge in [-0.25, -0.2) is 9.67 Å². The number of aromatic nitrogens is 3. The zero-order chi connectivity index (χ0) is 17.1. The van der Waals surface area contributed by atoms with Crippen LogP contribution < -0.4 is 14.8 Å². The van der Waals surface area contributed by atoms with Crippen molar-refractivity contribution in [3.05, 3.63) is 35.9 Å². The second kappa shape index (κ2) is 6.90. The van der Waals surface area contributed by atoms with E-state index in [1.807, 2.05) is 26.0 Å². The smallest absolute Gasteiger partial charge is 0.244 e. The molecule has 0 bridgehead atoms. The summed E-state index contributed by atoms with van der Waals surface area (Å²) in [5.74, 6) is 1.54. The normalized spacial score (nSPS) is 17.0. The standard InChI is InChI=1S/C17H22N4O3/c1-4-23-15-6-13-5-11(2)24-16(13)7-14(15)8-19-17(22)12(3)21-10-18-9-20-21/h6-7,9-12H,4-5,8H2,1-3H3,(H,19,22). The van der Waals surface area contributed by atoms with Gasteiger partial charge in [0.05, 0.1) is 6.61 Å². The second-order valence-corrected chi connectivity index (χ2v) is 5.90. The van der Waals surface area contributed by atoms with E-state index in [1.165, 1.54) is 17.3 Å². The molecule has 1 aromatic carbocycles. The van der Waals surface area contributed by atoms with E-state index in [0.29, 0.717) is 13.2 Å². The predicted octanol–water partition coefficient (Wildman–Crippen LogP) is 1.88. The Morgan fingerprint density at radius 2 is 2.38 bits per heavy atom. The Labute approximate surface area is 141 Å². The van der Waals surface area contributed by atoms with E-state index in [2.05, 4.69) is 15.4 Å². The molecular formula is C17H22N4O3. The Morgan fingerprint density at radius 3 is 3.08 bits per heavy atom. The highest BCUT2D eigenvalue weighted by Gasteiger charge is 2.22. The number of hydrogen-bond donors (Lipinski definition) is 1. The third-order valence-corrected chi connectivity index (χ3v) is 4.04. The number of fused-ring (bicyclic) bond motifs is 1. The summed E-state index contributed by atoms with van der Waals surface area (Å²) in [6.07, 6.45) is 3.99. The van der Waals surface area contributed by atoms with Crippen molar-refractivity contribution in [2.24, 2.45) is 0 Å². The number of ether oxygens (including phenoxy) is 2. The quantitative estimate of drug-likeness (QED) is 0.875. The summed E-state index contributed by atoms with van der Waals surface area (Å²) in [6.45, 7) is 6.72. The lowest BCUT2D eigenvalue weighted by Gasteiger charge is -2.15. The van der Waals surface area contributed by atoms with E-state index in [0.717, 1.165) is 29.0 Å². The van der Waals surface area contributed by atoms with Crippen LogP contribution in [-0.2, 0) is 17.8 Å². The highest BCUT2D eigenvalue weighted by Crippen LogP contribution is 2.35. The van der Waals surface area contributed by atoms with Crippen molar-refractivity contribution in [3.63, 3.8) is 0 Å². The van der Waals surface area contributed by atoms with Gasteiger partial charge in [-0.2, -0.15) is 5.10 Å². The maximum absolute atomic E-state index is 12.3. The molecule has 1 N–H and O–H groups in total. The van der Waals surface area contributed by atoms with Gasteiger partial charge in [0.1, 0.15) is 36.3 Å². The summed E-state index contributed by atoms with van der Waals surface area (Å²) in [7, 11) is 0. The molecule has 1 amide bonds. The van der Waals surface area contributed by atoms with Crippen LogP contribution in [-0.4, -0.2) is 33.4 Å². The Balaban J connectivity index is 1.72. The van der Waals surface area contributed by atoms with Crippen molar-refractivity contribution in [1.82, 2.24) is 20.1 Å². The number of hydrogen-bond acceptors (Lipinski definition) is 5. The molecule has 2 aromatic rings. The molecule has 0 saturated carbocycles. The number of nitrogens with one attached hydrogen (secondary N) is 1. The molecule has 24 heavy (non-hydrogen) atoms. The molecule has 128 valence electrons. The Bertz CT molecular complexity index is 715. The van der Waals surface area contributed by atoms with Crippen LogP contribution in [0.5, 0.6) is 11.5 Å². The summed E-state index contributed by atoms with van der Waals surface area (Å²) >= 11 is 0.